The van der Waals surface area contributed by atoms with E-state index in [9.17, 15) is 4.79 Å². The van der Waals surface area contributed by atoms with E-state index in [4.69, 9.17) is 19.9 Å². The number of nitrogens with two attached hydrogens (primary N) is 1. The summed E-state index contributed by atoms with van der Waals surface area (Å²) in [5, 5.41) is 6.12. The monoisotopic (exact) mass is 607 g/mol. The molecule has 7 heteroatoms. The van der Waals surface area contributed by atoms with Crippen LogP contribution in [0.25, 0.3) is 0 Å². The van der Waals surface area contributed by atoms with Gasteiger partial charge in [-0.15, -0.1) is 0 Å². The summed E-state index contributed by atoms with van der Waals surface area (Å²) < 4.78 is 17.1. The Morgan fingerprint density at radius 3 is 1.25 bits per heavy atom. The van der Waals surface area contributed by atoms with E-state index in [2.05, 4.69) is 56.5 Å². The highest BCUT2D eigenvalue weighted by Crippen LogP contribution is 2.24. The average Bonchev–Trinajstić information content (AvgIpc) is 2.93. The Morgan fingerprint density at radius 2 is 0.955 bits per heavy atom. The van der Waals surface area contributed by atoms with Gasteiger partial charge in [0.15, 0.2) is 0 Å². The van der Waals surface area contributed by atoms with Crippen molar-refractivity contribution < 1.29 is 19.0 Å². The van der Waals surface area contributed by atoms with E-state index in [1.807, 2.05) is 77.9 Å². The molecule has 3 aromatic carbocycles. The van der Waals surface area contributed by atoms with Crippen molar-refractivity contribution in [3.05, 3.63) is 88.0 Å². The third-order valence-corrected chi connectivity index (χ3v) is 6.67. The molecule has 0 aliphatic carbocycles. The summed E-state index contributed by atoms with van der Waals surface area (Å²) in [6.07, 6.45) is 0. The normalized spacial score (nSPS) is 12.4. The molecule has 7 nitrogen and oxygen atoms in total. The fraction of sp³-hybridized carbons (Fsp3) is 0.486. The lowest BCUT2D eigenvalue weighted by molar-refractivity contribution is -0.119. The van der Waals surface area contributed by atoms with Crippen molar-refractivity contribution >= 4 is 5.91 Å². The molecule has 0 aliphatic heterocycles. The predicted molar refractivity (Wildman–Crippen MR) is 184 cm³/mol. The van der Waals surface area contributed by atoms with Gasteiger partial charge in [-0.2, -0.15) is 0 Å². The maximum Gasteiger partial charge on any atom is 0.217 e. The molecule has 0 spiro atoms. The van der Waals surface area contributed by atoms with E-state index in [-0.39, 0.29) is 18.0 Å². The van der Waals surface area contributed by atoms with E-state index in [0.29, 0.717) is 19.3 Å². The molecule has 3 aromatic rings. The lowest BCUT2D eigenvalue weighted by Gasteiger charge is -2.16. The SMILES string of the molecule is CC(=O)NC(C)COc1c(C)cccc1C.CCNC(C)COc1c(C)cccc1C.Cc1cccc(C)c1OCC(C)N. The Bertz CT molecular complexity index is 1210. The third kappa shape index (κ3) is 14.8. The second kappa shape index (κ2) is 20.4. The van der Waals surface area contributed by atoms with Crippen molar-refractivity contribution in [2.45, 2.75) is 94.3 Å². The van der Waals surface area contributed by atoms with E-state index < -0.39 is 0 Å². The number of nitrogens with one attached hydrogen (secondary N) is 2. The van der Waals surface area contributed by atoms with Gasteiger partial charge in [0, 0.05) is 19.0 Å². The maximum atomic E-state index is 10.8. The molecule has 4 N–H and O–H groups in total. The number of rotatable bonds is 12. The molecule has 3 unspecified atom stereocenters. The first kappa shape index (κ1) is 38.5. The van der Waals surface area contributed by atoms with E-state index >= 15 is 0 Å². The standard InChI is InChI=1S/C13H19NO2.C13H21NO.C11H17NO/c1-9-6-5-7-10(2)13(9)16-8-11(3)14-12(4)15;1-5-14-12(4)9-15-13-10(2)7-6-8-11(13)3;1-8-5-4-6-9(2)11(8)13-7-10(3)12/h5-7,11H,8H2,1-4H3,(H,14,15);6-8,12,14H,5,9H2,1-4H3;4-6,10H,7,12H2,1-3H3. The van der Waals surface area contributed by atoms with Gasteiger partial charge in [0.1, 0.15) is 37.1 Å². The van der Waals surface area contributed by atoms with Crippen LogP contribution in [0.15, 0.2) is 54.6 Å². The van der Waals surface area contributed by atoms with Crippen molar-refractivity contribution in [1.29, 1.82) is 0 Å². The van der Waals surface area contributed by atoms with Gasteiger partial charge >= 0.3 is 0 Å². The molecule has 3 atom stereocenters. The summed E-state index contributed by atoms with van der Waals surface area (Å²) >= 11 is 0. The number of benzene rings is 3. The summed E-state index contributed by atoms with van der Waals surface area (Å²) in [6.45, 7) is 24.7. The molecular formula is C37H57N3O4. The van der Waals surface area contributed by atoms with Crippen LogP contribution in [0, 0.1) is 41.5 Å². The molecule has 44 heavy (non-hydrogen) atoms. The van der Waals surface area contributed by atoms with Gasteiger partial charge in [0.25, 0.3) is 0 Å². The highest BCUT2D eigenvalue weighted by molar-refractivity contribution is 5.73. The minimum atomic E-state index is -0.0300. The molecule has 0 aromatic heterocycles. The number of carbonyl (C=O) groups excluding carboxylic acids is 1. The molecule has 0 bridgehead atoms. The summed E-state index contributed by atoms with van der Waals surface area (Å²) in [4.78, 5) is 10.8. The number of aryl methyl sites for hydroxylation is 6. The fourth-order valence-corrected chi connectivity index (χ4v) is 4.51. The van der Waals surface area contributed by atoms with Gasteiger partial charge in [0.2, 0.25) is 5.91 Å². The Balaban J connectivity index is 0.000000332. The van der Waals surface area contributed by atoms with Gasteiger partial charge in [-0.1, -0.05) is 61.5 Å². The highest BCUT2D eigenvalue weighted by atomic mass is 16.5. The minimum Gasteiger partial charge on any atom is -0.491 e. The summed E-state index contributed by atoms with van der Waals surface area (Å²) in [7, 11) is 0. The van der Waals surface area contributed by atoms with Crippen molar-refractivity contribution in [3.8, 4) is 17.2 Å². The summed E-state index contributed by atoms with van der Waals surface area (Å²) in [5.74, 6) is 2.89. The lowest BCUT2D eigenvalue weighted by atomic mass is 10.1. The van der Waals surface area contributed by atoms with Crippen molar-refractivity contribution in [2.24, 2.45) is 5.73 Å². The van der Waals surface area contributed by atoms with Crippen molar-refractivity contribution in [1.82, 2.24) is 10.6 Å². The van der Waals surface area contributed by atoms with Crippen LogP contribution in [0.4, 0.5) is 0 Å². The van der Waals surface area contributed by atoms with Crippen molar-refractivity contribution in [2.75, 3.05) is 26.4 Å². The second-order valence-corrected chi connectivity index (χ2v) is 11.6. The number of carbonyl (C=O) groups is 1. The molecule has 0 heterocycles. The molecule has 244 valence electrons. The zero-order valence-electron chi connectivity index (χ0n) is 29.0. The highest BCUT2D eigenvalue weighted by Gasteiger charge is 2.08. The minimum absolute atomic E-state index is 0.0245. The average molecular weight is 608 g/mol. The smallest absolute Gasteiger partial charge is 0.217 e. The number of ether oxygens (including phenoxy) is 3. The van der Waals surface area contributed by atoms with E-state index in [1.165, 1.54) is 29.2 Å². The summed E-state index contributed by atoms with van der Waals surface area (Å²) in [5.41, 5.74) is 12.6. The molecular weight excluding hydrogens is 550 g/mol. The molecule has 0 saturated carbocycles. The van der Waals surface area contributed by atoms with Crippen molar-refractivity contribution in [3.63, 3.8) is 0 Å². The van der Waals surface area contributed by atoms with Gasteiger partial charge in [-0.25, -0.2) is 0 Å². The van der Waals surface area contributed by atoms with Crippen LogP contribution < -0.4 is 30.6 Å². The first-order valence-corrected chi connectivity index (χ1v) is 15.6. The van der Waals surface area contributed by atoms with Crippen LogP contribution in [-0.4, -0.2) is 50.4 Å². The first-order valence-electron chi connectivity index (χ1n) is 15.6. The number of hydrogen-bond donors (Lipinski definition) is 3. The fourth-order valence-electron chi connectivity index (χ4n) is 4.51. The first-order chi connectivity index (χ1) is 20.8. The number of para-hydroxylation sites is 3. The van der Waals surface area contributed by atoms with Crippen LogP contribution in [0.2, 0.25) is 0 Å². The van der Waals surface area contributed by atoms with E-state index in [1.54, 1.807) is 0 Å². The zero-order valence-corrected chi connectivity index (χ0v) is 29.0. The van der Waals surface area contributed by atoms with Gasteiger partial charge in [0.05, 0.1) is 6.04 Å². The molecule has 0 aliphatic rings. The third-order valence-electron chi connectivity index (χ3n) is 6.67. The predicted octanol–water partition coefficient (Wildman–Crippen LogP) is 6.92. The number of hydrogen-bond acceptors (Lipinski definition) is 6. The second-order valence-electron chi connectivity index (χ2n) is 11.6. The molecule has 0 fully saturated rings. The molecule has 1 amide bonds. The largest absolute Gasteiger partial charge is 0.491 e. The Kier molecular flexibility index (Phi) is 17.9. The number of amides is 1. The van der Waals surface area contributed by atoms with Crippen LogP contribution in [0.5, 0.6) is 17.2 Å². The Hall–Kier alpha value is -3.55. The van der Waals surface area contributed by atoms with Crippen LogP contribution in [-0.2, 0) is 4.79 Å². The van der Waals surface area contributed by atoms with Gasteiger partial charge in [-0.3, -0.25) is 4.79 Å². The Morgan fingerprint density at radius 1 is 0.636 bits per heavy atom. The quantitative estimate of drug-likeness (QED) is 0.207. The van der Waals surface area contributed by atoms with Crippen LogP contribution in [0.3, 0.4) is 0 Å². The lowest BCUT2D eigenvalue weighted by Crippen LogP contribution is -2.35. The van der Waals surface area contributed by atoms with Crippen LogP contribution in [0.1, 0.15) is 68.0 Å². The zero-order chi connectivity index (χ0) is 33.2. The molecule has 3 rings (SSSR count). The maximum absolute atomic E-state index is 10.8. The Labute approximate surface area is 266 Å². The van der Waals surface area contributed by atoms with Gasteiger partial charge < -0.3 is 30.6 Å². The molecule has 0 radical (unpaired) electrons. The number of likely N-dealkylation sites (N-methyl/N-ethyl adjacent to an activating group) is 1. The van der Waals surface area contributed by atoms with E-state index in [0.717, 1.165) is 41.5 Å². The summed E-state index contributed by atoms with van der Waals surface area (Å²) in [6, 6.07) is 18.9. The molecule has 0 saturated heterocycles. The van der Waals surface area contributed by atoms with Gasteiger partial charge in [-0.05, 0) is 102 Å². The topological polar surface area (TPSA) is 94.8 Å². The van der Waals surface area contributed by atoms with Crippen LogP contribution >= 0.6 is 0 Å².